The molecule has 0 aliphatic carbocycles. The third-order valence-electron chi connectivity index (χ3n) is 1.56. The lowest BCUT2D eigenvalue weighted by Gasteiger charge is -2.05. The lowest BCUT2D eigenvalue weighted by molar-refractivity contribution is 0.144. The molecule has 0 aromatic heterocycles. The third kappa shape index (κ3) is 9.67. The van der Waals surface area contributed by atoms with E-state index in [0.717, 1.165) is 31.0 Å². The van der Waals surface area contributed by atoms with Gasteiger partial charge in [0.15, 0.2) is 0 Å². The van der Waals surface area contributed by atoms with Crippen LogP contribution in [0.5, 0.6) is 0 Å². The summed E-state index contributed by atoms with van der Waals surface area (Å²) in [4.78, 5) is 10.9. The zero-order valence-corrected chi connectivity index (χ0v) is 9.73. The second-order valence-electron chi connectivity index (χ2n) is 2.81. The minimum Gasteiger partial charge on any atom is -0.450 e. The molecule has 3 nitrogen and oxygen atoms in total. The fourth-order valence-electron chi connectivity index (χ4n) is 0.770. The Morgan fingerprint density at radius 1 is 1.38 bits per heavy atom. The maximum absolute atomic E-state index is 10.9. The number of alkyl halides is 1. The van der Waals surface area contributed by atoms with Crippen LogP contribution in [-0.2, 0) is 4.74 Å². The highest BCUT2D eigenvalue weighted by Gasteiger charge is 1.98. The zero-order valence-electron chi connectivity index (χ0n) is 8.14. The summed E-state index contributed by atoms with van der Waals surface area (Å²) in [5.41, 5.74) is 0. The molecule has 0 atom stereocenters. The average molecular weight is 252 g/mol. The van der Waals surface area contributed by atoms with E-state index in [1.807, 2.05) is 0 Å². The minimum atomic E-state index is -0.289. The Balaban J connectivity index is 3.11. The Labute approximate surface area is 88.4 Å². The van der Waals surface area contributed by atoms with Gasteiger partial charge in [-0.3, -0.25) is 0 Å². The maximum atomic E-state index is 10.9. The highest BCUT2D eigenvalue weighted by atomic mass is 79.9. The van der Waals surface area contributed by atoms with Crippen LogP contribution in [0.1, 0.15) is 32.6 Å². The summed E-state index contributed by atoms with van der Waals surface area (Å²) in [6.07, 6.45) is 3.78. The van der Waals surface area contributed by atoms with Crippen LogP contribution in [0.2, 0.25) is 0 Å². The number of amides is 1. The van der Waals surface area contributed by atoms with Crippen molar-refractivity contribution in [2.75, 3.05) is 18.5 Å². The van der Waals surface area contributed by atoms with Gasteiger partial charge in [-0.05, 0) is 19.3 Å². The third-order valence-corrected chi connectivity index (χ3v) is 2.12. The fourth-order valence-corrected chi connectivity index (χ4v) is 1.17. The van der Waals surface area contributed by atoms with Gasteiger partial charge in [-0.15, -0.1) is 0 Å². The van der Waals surface area contributed by atoms with Crippen molar-refractivity contribution in [3.8, 4) is 0 Å². The summed E-state index contributed by atoms with van der Waals surface area (Å²) in [5, 5.41) is 3.68. The Morgan fingerprint density at radius 2 is 2.15 bits per heavy atom. The first kappa shape index (κ1) is 12.8. The Kier molecular flexibility index (Phi) is 9.65. The first-order chi connectivity index (χ1) is 6.31. The molecule has 0 saturated heterocycles. The van der Waals surface area contributed by atoms with Gasteiger partial charge in [0.05, 0.1) is 6.61 Å². The number of carbonyl (C=O) groups excluding carboxylic acids is 1. The topological polar surface area (TPSA) is 38.3 Å². The van der Waals surface area contributed by atoms with E-state index < -0.39 is 0 Å². The molecule has 0 bridgehead atoms. The van der Waals surface area contributed by atoms with Crippen molar-refractivity contribution >= 4 is 22.0 Å². The Hall–Kier alpha value is -0.250. The summed E-state index contributed by atoms with van der Waals surface area (Å²) >= 11 is 3.32. The van der Waals surface area contributed by atoms with Gasteiger partial charge in [0.2, 0.25) is 0 Å². The molecule has 0 heterocycles. The van der Waals surface area contributed by atoms with Crippen molar-refractivity contribution in [3.63, 3.8) is 0 Å². The van der Waals surface area contributed by atoms with Gasteiger partial charge in [0.1, 0.15) is 0 Å². The molecule has 1 amide bonds. The zero-order chi connectivity index (χ0) is 9.94. The number of hydrogen-bond acceptors (Lipinski definition) is 2. The molecule has 0 rings (SSSR count). The molecule has 13 heavy (non-hydrogen) atoms. The van der Waals surface area contributed by atoms with Crippen LogP contribution < -0.4 is 5.32 Å². The lowest BCUT2D eigenvalue weighted by atomic mass is 10.3. The number of alkyl carbamates (subject to hydrolysis) is 1. The SMILES string of the molecule is CCCCOC(=O)NCCCCBr. The van der Waals surface area contributed by atoms with Gasteiger partial charge in [-0.25, -0.2) is 4.79 Å². The van der Waals surface area contributed by atoms with E-state index in [1.54, 1.807) is 0 Å². The molecule has 4 heteroatoms. The molecule has 0 aliphatic rings. The highest BCUT2D eigenvalue weighted by Crippen LogP contribution is 1.92. The van der Waals surface area contributed by atoms with Gasteiger partial charge in [0.25, 0.3) is 0 Å². The summed E-state index contributed by atoms with van der Waals surface area (Å²) < 4.78 is 4.90. The van der Waals surface area contributed by atoms with Crippen LogP contribution in [0.4, 0.5) is 4.79 Å². The summed E-state index contributed by atoms with van der Waals surface area (Å²) in [5.74, 6) is 0. The molecule has 0 spiro atoms. The quantitative estimate of drug-likeness (QED) is 0.558. The fraction of sp³-hybridized carbons (Fsp3) is 0.889. The van der Waals surface area contributed by atoms with Crippen molar-refractivity contribution in [2.24, 2.45) is 0 Å². The number of hydrogen-bond donors (Lipinski definition) is 1. The van der Waals surface area contributed by atoms with Crippen LogP contribution in [0, 0.1) is 0 Å². The predicted molar refractivity (Wildman–Crippen MR) is 57.3 cm³/mol. The molecule has 0 aliphatic heterocycles. The van der Waals surface area contributed by atoms with E-state index in [1.165, 1.54) is 0 Å². The van der Waals surface area contributed by atoms with Crippen LogP contribution in [0.25, 0.3) is 0 Å². The summed E-state index contributed by atoms with van der Waals surface area (Å²) in [6, 6.07) is 0. The second kappa shape index (κ2) is 9.84. The molecule has 0 radical (unpaired) electrons. The number of nitrogens with one attached hydrogen (secondary N) is 1. The van der Waals surface area contributed by atoms with Crippen molar-refractivity contribution in [1.82, 2.24) is 5.32 Å². The number of halogens is 1. The number of carbonyl (C=O) groups is 1. The summed E-state index contributed by atoms with van der Waals surface area (Å²) in [7, 11) is 0. The molecule has 0 aromatic carbocycles. The Morgan fingerprint density at radius 3 is 2.77 bits per heavy atom. The second-order valence-corrected chi connectivity index (χ2v) is 3.61. The van der Waals surface area contributed by atoms with Crippen molar-refractivity contribution < 1.29 is 9.53 Å². The molecule has 0 aromatic rings. The molecular formula is C9H18BrNO2. The molecule has 78 valence electrons. The monoisotopic (exact) mass is 251 g/mol. The van der Waals surface area contributed by atoms with Crippen molar-refractivity contribution in [2.45, 2.75) is 32.6 Å². The number of ether oxygens (including phenoxy) is 1. The van der Waals surface area contributed by atoms with Crippen LogP contribution >= 0.6 is 15.9 Å². The first-order valence-electron chi connectivity index (χ1n) is 4.77. The Bertz CT molecular complexity index is 131. The average Bonchev–Trinajstić information content (AvgIpc) is 2.13. The smallest absolute Gasteiger partial charge is 0.407 e. The molecule has 0 unspecified atom stereocenters. The summed E-state index contributed by atoms with van der Waals surface area (Å²) in [6.45, 7) is 3.30. The number of unbranched alkanes of at least 4 members (excludes halogenated alkanes) is 2. The van der Waals surface area contributed by atoms with Crippen molar-refractivity contribution in [3.05, 3.63) is 0 Å². The lowest BCUT2D eigenvalue weighted by Crippen LogP contribution is -2.25. The first-order valence-corrected chi connectivity index (χ1v) is 5.90. The minimum absolute atomic E-state index is 0.289. The molecular weight excluding hydrogens is 234 g/mol. The van der Waals surface area contributed by atoms with E-state index in [-0.39, 0.29) is 6.09 Å². The van der Waals surface area contributed by atoms with Crippen molar-refractivity contribution in [1.29, 1.82) is 0 Å². The van der Waals surface area contributed by atoms with Crippen LogP contribution in [-0.4, -0.2) is 24.6 Å². The predicted octanol–water partition coefficient (Wildman–Crippen LogP) is 2.69. The largest absolute Gasteiger partial charge is 0.450 e. The van der Waals surface area contributed by atoms with Gasteiger partial charge < -0.3 is 10.1 Å². The van der Waals surface area contributed by atoms with Gasteiger partial charge in [0, 0.05) is 11.9 Å². The van der Waals surface area contributed by atoms with E-state index in [0.29, 0.717) is 13.2 Å². The molecule has 0 fully saturated rings. The van der Waals surface area contributed by atoms with Gasteiger partial charge >= 0.3 is 6.09 Å². The molecule has 0 saturated carbocycles. The highest BCUT2D eigenvalue weighted by molar-refractivity contribution is 9.09. The van der Waals surface area contributed by atoms with Gasteiger partial charge in [-0.2, -0.15) is 0 Å². The normalized spacial score (nSPS) is 9.69. The number of rotatable bonds is 7. The van der Waals surface area contributed by atoms with E-state index in [9.17, 15) is 4.79 Å². The van der Waals surface area contributed by atoms with E-state index in [4.69, 9.17) is 4.74 Å². The maximum Gasteiger partial charge on any atom is 0.407 e. The standard InChI is InChI=1S/C9H18BrNO2/c1-2-3-8-13-9(12)11-7-5-4-6-10/h2-8H2,1H3,(H,11,12). The van der Waals surface area contributed by atoms with E-state index in [2.05, 4.69) is 28.2 Å². The van der Waals surface area contributed by atoms with Crippen LogP contribution in [0.3, 0.4) is 0 Å². The molecule has 1 N–H and O–H groups in total. The van der Waals surface area contributed by atoms with E-state index >= 15 is 0 Å². The van der Waals surface area contributed by atoms with Crippen LogP contribution in [0.15, 0.2) is 0 Å². The van der Waals surface area contributed by atoms with Gasteiger partial charge in [-0.1, -0.05) is 29.3 Å².